The minimum Gasteiger partial charge on any atom is -0.494 e. The van der Waals surface area contributed by atoms with Crippen molar-refractivity contribution in [2.24, 2.45) is 5.92 Å². The maximum absolute atomic E-state index is 12.2. The van der Waals surface area contributed by atoms with E-state index >= 15 is 0 Å². The molecule has 1 fully saturated rings. The van der Waals surface area contributed by atoms with Crippen LogP contribution in [0.5, 0.6) is 5.75 Å². The number of ether oxygens (including phenoxy) is 1. The van der Waals surface area contributed by atoms with Crippen molar-refractivity contribution < 1.29 is 14.3 Å². The summed E-state index contributed by atoms with van der Waals surface area (Å²) in [7, 11) is 0. The van der Waals surface area contributed by atoms with Gasteiger partial charge in [0.2, 0.25) is 5.91 Å². The number of thiazole rings is 1. The monoisotopic (exact) mass is 387 g/mol. The molecule has 1 saturated carbocycles. The van der Waals surface area contributed by atoms with Gasteiger partial charge in [-0.3, -0.25) is 9.59 Å². The van der Waals surface area contributed by atoms with Gasteiger partial charge >= 0.3 is 0 Å². The first-order valence-corrected chi connectivity index (χ1v) is 10.3. The average Bonchev–Trinajstić information content (AvgIpc) is 3.38. The quantitative estimate of drug-likeness (QED) is 0.682. The van der Waals surface area contributed by atoms with Crippen LogP contribution in [0.4, 0.5) is 0 Å². The summed E-state index contributed by atoms with van der Waals surface area (Å²) < 4.78 is 5.43. The largest absolute Gasteiger partial charge is 0.494 e. The maximum atomic E-state index is 12.2. The van der Waals surface area contributed by atoms with Crippen LogP contribution in [0.2, 0.25) is 0 Å². The van der Waals surface area contributed by atoms with Crippen molar-refractivity contribution >= 4 is 23.2 Å². The van der Waals surface area contributed by atoms with Gasteiger partial charge in [0.1, 0.15) is 16.5 Å². The Hall–Kier alpha value is -2.41. The van der Waals surface area contributed by atoms with Crippen LogP contribution in [0.15, 0.2) is 29.6 Å². The molecule has 6 nitrogen and oxygen atoms in total. The zero-order chi connectivity index (χ0) is 19.1. The fourth-order valence-electron chi connectivity index (χ4n) is 3.16. The molecule has 1 aromatic carbocycles. The lowest BCUT2D eigenvalue weighted by Gasteiger charge is -2.10. The number of hydrogen-bond acceptors (Lipinski definition) is 5. The number of carbonyl (C=O) groups excluding carboxylic acids is 2. The zero-order valence-electron chi connectivity index (χ0n) is 15.5. The van der Waals surface area contributed by atoms with Gasteiger partial charge in [0.05, 0.1) is 6.61 Å². The Balaban J connectivity index is 1.46. The van der Waals surface area contributed by atoms with Crippen LogP contribution >= 0.6 is 11.3 Å². The fourth-order valence-corrected chi connectivity index (χ4v) is 3.96. The number of hydrogen-bond donors (Lipinski definition) is 2. The summed E-state index contributed by atoms with van der Waals surface area (Å²) in [5, 5.41) is 8.24. The topological polar surface area (TPSA) is 80.3 Å². The summed E-state index contributed by atoms with van der Waals surface area (Å²) in [5.41, 5.74) is 1.34. The van der Waals surface area contributed by atoms with Crippen LogP contribution < -0.4 is 15.4 Å². The summed E-state index contributed by atoms with van der Waals surface area (Å²) in [6.07, 6.45) is 4.22. The number of amides is 2. The molecule has 0 spiro atoms. The van der Waals surface area contributed by atoms with Gasteiger partial charge in [0, 0.05) is 30.0 Å². The van der Waals surface area contributed by atoms with Crippen LogP contribution in [-0.4, -0.2) is 36.5 Å². The van der Waals surface area contributed by atoms with Gasteiger partial charge in [0.15, 0.2) is 0 Å². The Labute approximate surface area is 163 Å². The van der Waals surface area contributed by atoms with Crippen LogP contribution in [0.3, 0.4) is 0 Å². The van der Waals surface area contributed by atoms with E-state index in [0.29, 0.717) is 25.4 Å². The third kappa shape index (κ3) is 5.29. The van der Waals surface area contributed by atoms with Crippen molar-refractivity contribution in [3.8, 4) is 16.3 Å². The minimum absolute atomic E-state index is 0.105. The number of benzene rings is 1. The molecule has 0 bridgehead atoms. The Bertz CT molecular complexity index is 767. The molecule has 2 N–H and O–H groups in total. The van der Waals surface area contributed by atoms with E-state index in [2.05, 4.69) is 15.6 Å². The smallest absolute Gasteiger partial charge is 0.270 e. The fraction of sp³-hybridized carbons (Fsp3) is 0.450. The van der Waals surface area contributed by atoms with E-state index in [1.165, 1.54) is 11.3 Å². The highest BCUT2D eigenvalue weighted by molar-refractivity contribution is 7.13. The second kappa shape index (κ2) is 9.50. The van der Waals surface area contributed by atoms with E-state index in [1.807, 2.05) is 31.2 Å². The first-order valence-electron chi connectivity index (χ1n) is 9.42. The summed E-state index contributed by atoms with van der Waals surface area (Å²) in [4.78, 5) is 28.6. The van der Waals surface area contributed by atoms with Crippen molar-refractivity contribution in [3.63, 3.8) is 0 Å². The Morgan fingerprint density at radius 3 is 2.56 bits per heavy atom. The molecule has 0 aliphatic heterocycles. The second-order valence-corrected chi connectivity index (χ2v) is 7.38. The minimum atomic E-state index is -0.224. The van der Waals surface area contributed by atoms with E-state index in [4.69, 9.17) is 4.74 Å². The highest BCUT2D eigenvalue weighted by Gasteiger charge is 2.22. The molecule has 2 aromatic rings. The summed E-state index contributed by atoms with van der Waals surface area (Å²) in [6.45, 7) is 3.41. The number of carbonyl (C=O) groups is 2. The number of nitrogens with zero attached hydrogens (tertiary/aromatic N) is 1. The van der Waals surface area contributed by atoms with Crippen LogP contribution in [0.1, 0.15) is 43.1 Å². The van der Waals surface area contributed by atoms with Gasteiger partial charge in [-0.1, -0.05) is 12.8 Å². The highest BCUT2D eigenvalue weighted by atomic mass is 32.1. The van der Waals surface area contributed by atoms with Crippen LogP contribution in [-0.2, 0) is 4.79 Å². The Morgan fingerprint density at radius 1 is 1.15 bits per heavy atom. The molecule has 0 atom stereocenters. The molecule has 1 aliphatic carbocycles. The lowest BCUT2D eigenvalue weighted by molar-refractivity contribution is -0.124. The van der Waals surface area contributed by atoms with Crippen LogP contribution in [0.25, 0.3) is 10.6 Å². The van der Waals surface area contributed by atoms with Crippen molar-refractivity contribution in [3.05, 3.63) is 35.3 Å². The molecule has 7 heteroatoms. The molecular weight excluding hydrogens is 362 g/mol. The first-order chi connectivity index (χ1) is 13.2. The summed E-state index contributed by atoms with van der Waals surface area (Å²) in [6, 6.07) is 7.66. The van der Waals surface area contributed by atoms with E-state index < -0.39 is 0 Å². The molecule has 1 heterocycles. The molecule has 2 amide bonds. The van der Waals surface area contributed by atoms with Gasteiger partial charge in [-0.15, -0.1) is 11.3 Å². The van der Waals surface area contributed by atoms with Gasteiger partial charge in [-0.05, 0) is 44.0 Å². The third-order valence-corrected chi connectivity index (χ3v) is 5.48. The molecule has 144 valence electrons. The van der Waals surface area contributed by atoms with Gasteiger partial charge in [-0.25, -0.2) is 4.98 Å². The standard InChI is InChI=1S/C20H25N3O3S/c1-2-26-16-9-7-15(8-10-16)20-23-17(13-27-20)19(25)22-12-11-21-18(24)14-5-3-4-6-14/h7-10,13-14H,2-6,11-12H2,1H3,(H,21,24)(H,22,25). The number of rotatable bonds is 8. The highest BCUT2D eigenvalue weighted by Crippen LogP contribution is 2.26. The zero-order valence-corrected chi connectivity index (χ0v) is 16.3. The molecular formula is C20H25N3O3S. The predicted molar refractivity (Wildman–Crippen MR) is 106 cm³/mol. The number of nitrogens with one attached hydrogen (secondary N) is 2. The normalized spacial score (nSPS) is 14.1. The summed E-state index contributed by atoms with van der Waals surface area (Å²) in [5.74, 6) is 0.845. The van der Waals surface area contributed by atoms with Crippen molar-refractivity contribution in [2.45, 2.75) is 32.6 Å². The van der Waals surface area contributed by atoms with Crippen molar-refractivity contribution in [2.75, 3.05) is 19.7 Å². The van der Waals surface area contributed by atoms with E-state index in [-0.39, 0.29) is 17.7 Å². The SMILES string of the molecule is CCOc1ccc(-c2nc(C(=O)NCCNC(=O)C3CCCC3)cs2)cc1. The first kappa shape index (κ1) is 19.4. The average molecular weight is 388 g/mol. The van der Waals surface area contributed by atoms with Gasteiger partial charge in [0.25, 0.3) is 5.91 Å². The van der Waals surface area contributed by atoms with Crippen molar-refractivity contribution in [1.29, 1.82) is 0 Å². The Morgan fingerprint density at radius 2 is 1.85 bits per heavy atom. The summed E-state index contributed by atoms with van der Waals surface area (Å²) >= 11 is 1.43. The predicted octanol–water partition coefficient (Wildman–Crippen LogP) is 3.25. The third-order valence-electron chi connectivity index (χ3n) is 4.58. The van der Waals surface area contributed by atoms with Crippen LogP contribution in [0, 0.1) is 5.92 Å². The molecule has 0 radical (unpaired) electrons. The van der Waals surface area contributed by atoms with E-state index in [1.54, 1.807) is 5.38 Å². The molecule has 0 unspecified atom stereocenters. The molecule has 27 heavy (non-hydrogen) atoms. The van der Waals surface area contributed by atoms with Crippen molar-refractivity contribution in [1.82, 2.24) is 15.6 Å². The molecule has 1 aromatic heterocycles. The second-order valence-electron chi connectivity index (χ2n) is 6.52. The van der Waals surface area contributed by atoms with E-state index in [9.17, 15) is 9.59 Å². The van der Waals surface area contributed by atoms with Gasteiger partial charge in [-0.2, -0.15) is 0 Å². The molecule has 1 aliphatic rings. The lowest BCUT2D eigenvalue weighted by Crippen LogP contribution is -2.37. The lowest BCUT2D eigenvalue weighted by atomic mass is 10.1. The molecule has 3 rings (SSSR count). The molecule has 0 saturated heterocycles. The van der Waals surface area contributed by atoms with Gasteiger partial charge < -0.3 is 15.4 Å². The Kier molecular flexibility index (Phi) is 6.81. The number of aromatic nitrogens is 1. The maximum Gasteiger partial charge on any atom is 0.270 e. The van der Waals surface area contributed by atoms with E-state index in [0.717, 1.165) is 42.0 Å².